The predicted octanol–water partition coefficient (Wildman–Crippen LogP) is 2.94. The number of carbonyl (C=O) groups is 1. The zero-order valence-electron chi connectivity index (χ0n) is 13.9. The van der Waals surface area contributed by atoms with Crippen molar-refractivity contribution in [3.63, 3.8) is 0 Å². The van der Waals surface area contributed by atoms with Crippen molar-refractivity contribution < 1.29 is 18.7 Å². The van der Waals surface area contributed by atoms with Crippen LogP contribution < -0.4 is 10.1 Å². The molecule has 2 aromatic rings. The normalized spacial score (nSPS) is 17.2. The van der Waals surface area contributed by atoms with E-state index < -0.39 is 0 Å². The Balaban J connectivity index is 1.65. The van der Waals surface area contributed by atoms with Crippen molar-refractivity contribution in [1.82, 2.24) is 15.2 Å². The minimum atomic E-state index is -0.385. The quantitative estimate of drug-likeness (QED) is 0.925. The maximum absolute atomic E-state index is 13.3. The van der Waals surface area contributed by atoms with Gasteiger partial charge in [-0.05, 0) is 25.1 Å². The van der Waals surface area contributed by atoms with Gasteiger partial charge in [0.15, 0.2) is 0 Å². The third-order valence-corrected chi connectivity index (χ3v) is 3.92. The molecule has 1 saturated heterocycles. The van der Waals surface area contributed by atoms with Crippen molar-refractivity contribution in [3.05, 3.63) is 54.0 Å². The molecule has 1 aromatic heterocycles. The summed E-state index contributed by atoms with van der Waals surface area (Å²) in [6.07, 6.45) is 1.59. The van der Waals surface area contributed by atoms with E-state index in [-0.39, 0.29) is 24.4 Å². The van der Waals surface area contributed by atoms with E-state index in [9.17, 15) is 9.18 Å². The van der Waals surface area contributed by atoms with Gasteiger partial charge in [0, 0.05) is 30.9 Å². The number of urea groups is 1. The Morgan fingerprint density at radius 1 is 1.44 bits per heavy atom. The minimum Gasteiger partial charge on any atom is -0.439 e. The molecule has 1 aromatic carbocycles. The molecule has 0 unspecified atom stereocenters. The van der Waals surface area contributed by atoms with Crippen LogP contribution in [0.2, 0.25) is 0 Å². The first-order valence-electron chi connectivity index (χ1n) is 8.13. The van der Waals surface area contributed by atoms with Crippen LogP contribution in [0.3, 0.4) is 0 Å². The summed E-state index contributed by atoms with van der Waals surface area (Å²) in [5, 5.41) is 2.87. The van der Waals surface area contributed by atoms with Crippen LogP contribution in [-0.4, -0.2) is 41.7 Å². The average Bonchev–Trinajstić information content (AvgIpc) is 2.61. The first kappa shape index (κ1) is 17.2. The van der Waals surface area contributed by atoms with Gasteiger partial charge in [-0.25, -0.2) is 14.2 Å². The van der Waals surface area contributed by atoms with E-state index in [1.807, 2.05) is 13.0 Å². The molecule has 3 rings (SSSR count). The lowest BCUT2D eigenvalue weighted by molar-refractivity contribution is 0.0189. The zero-order valence-corrected chi connectivity index (χ0v) is 13.9. The summed E-state index contributed by atoms with van der Waals surface area (Å²) in [6, 6.07) is 9.29. The highest BCUT2D eigenvalue weighted by atomic mass is 19.1. The highest BCUT2D eigenvalue weighted by Gasteiger charge is 2.23. The van der Waals surface area contributed by atoms with Gasteiger partial charge in [0.05, 0.1) is 19.3 Å². The molecule has 132 valence electrons. The number of hydrogen-bond acceptors (Lipinski definition) is 4. The molecule has 1 aliphatic heterocycles. The molecule has 0 spiro atoms. The number of nitrogens with one attached hydrogen (secondary N) is 1. The molecular weight excluding hydrogens is 325 g/mol. The summed E-state index contributed by atoms with van der Waals surface area (Å²) in [4.78, 5) is 18.3. The summed E-state index contributed by atoms with van der Waals surface area (Å²) in [7, 11) is 0. The van der Waals surface area contributed by atoms with Crippen LogP contribution >= 0.6 is 0 Å². The van der Waals surface area contributed by atoms with Crippen LogP contribution in [-0.2, 0) is 11.3 Å². The summed E-state index contributed by atoms with van der Waals surface area (Å²) in [6.45, 7) is 3.85. The number of morpholine rings is 1. The zero-order chi connectivity index (χ0) is 17.6. The number of aromatic nitrogens is 1. The number of nitrogens with zero attached hydrogens (tertiary/aromatic N) is 2. The highest BCUT2D eigenvalue weighted by Crippen LogP contribution is 2.23. The van der Waals surface area contributed by atoms with Crippen LogP contribution in [0.15, 0.2) is 42.6 Å². The molecule has 2 heterocycles. The molecule has 2 amide bonds. The van der Waals surface area contributed by atoms with Crippen LogP contribution in [0.4, 0.5) is 9.18 Å². The lowest BCUT2D eigenvalue weighted by atomic mass is 10.2. The smallest absolute Gasteiger partial charge is 0.318 e. The molecule has 7 heteroatoms. The molecule has 1 fully saturated rings. The van der Waals surface area contributed by atoms with Gasteiger partial charge in [0.2, 0.25) is 5.88 Å². The Morgan fingerprint density at radius 3 is 3.12 bits per heavy atom. The summed E-state index contributed by atoms with van der Waals surface area (Å²) in [5.74, 6) is 0.307. The van der Waals surface area contributed by atoms with Crippen molar-refractivity contribution >= 4 is 6.03 Å². The molecule has 0 radical (unpaired) electrons. The molecule has 1 aliphatic rings. The van der Waals surface area contributed by atoms with Gasteiger partial charge in [-0.15, -0.1) is 0 Å². The molecule has 0 saturated carbocycles. The van der Waals surface area contributed by atoms with Crippen molar-refractivity contribution in [2.24, 2.45) is 0 Å². The number of rotatable bonds is 4. The van der Waals surface area contributed by atoms with E-state index in [1.165, 1.54) is 12.1 Å². The van der Waals surface area contributed by atoms with Crippen molar-refractivity contribution in [2.75, 3.05) is 19.8 Å². The highest BCUT2D eigenvalue weighted by molar-refractivity contribution is 5.74. The summed E-state index contributed by atoms with van der Waals surface area (Å²) in [5.41, 5.74) is 0.709. The van der Waals surface area contributed by atoms with Gasteiger partial charge in [-0.1, -0.05) is 12.1 Å². The molecule has 25 heavy (non-hydrogen) atoms. The lowest BCUT2D eigenvalue weighted by Crippen LogP contribution is -2.51. The van der Waals surface area contributed by atoms with Crippen LogP contribution in [0.5, 0.6) is 11.6 Å². The number of carbonyl (C=O) groups excluding carboxylic acids is 1. The van der Waals surface area contributed by atoms with Crippen molar-refractivity contribution in [2.45, 2.75) is 19.5 Å². The van der Waals surface area contributed by atoms with E-state index in [0.29, 0.717) is 37.0 Å². The molecule has 1 atom stereocenters. The van der Waals surface area contributed by atoms with Crippen LogP contribution in [0.25, 0.3) is 0 Å². The number of halogens is 1. The second kappa shape index (κ2) is 7.94. The molecule has 0 bridgehead atoms. The minimum absolute atomic E-state index is 0.0330. The molecule has 1 N–H and O–H groups in total. The summed E-state index contributed by atoms with van der Waals surface area (Å²) < 4.78 is 24.3. The first-order valence-corrected chi connectivity index (χ1v) is 8.13. The van der Waals surface area contributed by atoms with Crippen molar-refractivity contribution in [1.29, 1.82) is 0 Å². The predicted molar refractivity (Wildman–Crippen MR) is 89.9 cm³/mol. The van der Waals surface area contributed by atoms with Gasteiger partial charge in [0.25, 0.3) is 0 Å². The molecule has 6 nitrogen and oxygen atoms in total. The molecule has 0 aliphatic carbocycles. The van der Waals surface area contributed by atoms with Crippen LogP contribution in [0, 0.1) is 5.82 Å². The van der Waals surface area contributed by atoms with E-state index in [1.54, 1.807) is 29.3 Å². The Morgan fingerprint density at radius 2 is 2.32 bits per heavy atom. The maximum Gasteiger partial charge on any atom is 0.318 e. The maximum atomic E-state index is 13.3. The third kappa shape index (κ3) is 4.45. The molecular formula is C18H20FN3O3. The van der Waals surface area contributed by atoms with Gasteiger partial charge in [-0.3, -0.25) is 0 Å². The Bertz CT molecular complexity index is 741. The van der Waals surface area contributed by atoms with E-state index >= 15 is 0 Å². The van der Waals surface area contributed by atoms with Gasteiger partial charge in [0.1, 0.15) is 11.6 Å². The third-order valence-electron chi connectivity index (χ3n) is 3.92. The van der Waals surface area contributed by atoms with E-state index in [2.05, 4.69) is 10.3 Å². The monoisotopic (exact) mass is 345 g/mol. The Hall–Kier alpha value is -2.67. The fraction of sp³-hybridized carbons (Fsp3) is 0.333. The second-order valence-corrected chi connectivity index (χ2v) is 5.80. The first-order chi connectivity index (χ1) is 12.1. The fourth-order valence-corrected chi connectivity index (χ4v) is 2.59. The standard InChI is InChI=1S/C18H20FN3O3/c1-13-12-24-9-8-22(13)18(23)21-11-14-4-3-7-20-17(14)25-16-6-2-5-15(19)10-16/h2-7,10,13H,8-9,11-12H2,1H3,(H,21,23)/t13-/m0/s1. The van der Waals surface area contributed by atoms with E-state index in [4.69, 9.17) is 9.47 Å². The van der Waals surface area contributed by atoms with Gasteiger partial charge >= 0.3 is 6.03 Å². The average molecular weight is 345 g/mol. The van der Waals surface area contributed by atoms with Gasteiger partial charge in [-0.2, -0.15) is 0 Å². The Labute approximate surface area is 145 Å². The second-order valence-electron chi connectivity index (χ2n) is 5.80. The topological polar surface area (TPSA) is 63.7 Å². The fourth-order valence-electron chi connectivity index (χ4n) is 2.59. The van der Waals surface area contributed by atoms with Crippen molar-refractivity contribution in [3.8, 4) is 11.6 Å². The largest absolute Gasteiger partial charge is 0.439 e. The number of benzene rings is 1. The number of hydrogen-bond donors (Lipinski definition) is 1. The lowest BCUT2D eigenvalue weighted by Gasteiger charge is -2.33. The Kier molecular flexibility index (Phi) is 5.45. The number of ether oxygens (including phenoxy) is 2. The number of pyridine rings is 1. The SMILES string of the molecule is C[C@H]1COCCN1C(=O)NCc1cccnc1Oc1cccc(F)c1. The van der Waals surface area contributed by atoms with E-state index in [0.717, 1.165) is 0 Å². The van der Waals surface area contributed by atoms with Gasteiger partial charge < -0.3 is 19.7 Å². The number of amides is 2. The summed E-state index contributed by atoms with van der Waals surface area (Å²) >= 11 is 0. The van der Waals surface area contributed by atoms with Crippen LogP contribution in [0.1, 0.15) is 12.5 Å².